The maximum absolute atomic E-state index is 12.4. The number of hydrogen-bond acceptors (Lipinski definition) is 4. The third-order valence-electron chi connectivity index (χ3n) is 3.94. The number of ether oxygens (including phenoxy) is 1. The highest BCUT2D eigenvalue weighted by Gasteiger charge is 2.08. The van der Waals surface area contributed by atoms with Gasteiger partial charge in [0.2, 0.25) is 0 Å². The van der Waals surface area contributed by atoms with Crippen molar-refractivity contribution in [2.75, 3.05) is 19.0 Å². The van der Waals surface area contributed by atoms with Crippen LogP contribution in [0, 0.1) is 0 Å². The van der Waals surface area contributed by atoms with Crippen molar-refractivity contribution in [1.29, 1.82) is 0 Å². The maximum atomic E-state index is 12.4. The van der Waals surface area contributed by atoms with Crippen LogP contribution in [0.3, 0.4) is 0 Å². The SMILES string of the molecule is COc1ccccc1CCNC(=O)c1cncc(Nc2ccccc2)c1. The van der Waals surface area contributed by atoms with Gasteiger partial charge >= 0.3 is 0 Å². The fraction of sp³-hybridized carbons (Fsp3) is 0.143. The van der Waals surface area contributed by atoms with Gasteiger partial charge in [-0.3, -0.25) is 9.78 Å². The van der Waals surface area contributed by atoms with Crippen molar-refractivity contribution in [3.05, 3.63) is 84.2 Å². The van der Waals surface area contributed by atoms with Crippen LogP contribution in [0.15, 0.2) is 73.1 Å². The van der Waals surface area contributed by atoms with Gasteiger partial charge in [-0.2, -0.15) is 0 Å². The van der Waals surface area contributed by atoms with E-state index in [0.29, 0.717) is 18.5 Å². The molecule has 0 aliphatic rings. The zero-order valence-corrected chi connectivity index (χ0v) is 14.6. The molecule has 0 aliphatic carbocycles. The molecule has 3 rings (SSSR count). The van der Waals surface area contributed by atoms with Gasteiger partial charge in [0.25, 0.3) is 5.91 Å². The molecule has 0 radical (unpaired) electrons. The number of benzene rings is 2. The van der Waals surface area contributed by atoms with E-state index in [-0.39, 0.29) is 5.91 Å². The smallest absolute Gasteiger partial charge is 0.252 e. The van der Waals surface area contributed by atoms with Gasteiger partial charge in [0, 0.05) is 18.4 Å². The summed E-state index contributed by atoms with van der Waals surface area (Å²) in [5, 5.41) is 6.16. The Morgan fingerprint density at radius 3 is 2.58 bits per heavy atom. The van der Waals surface area contributed by atoms with E-state index >= 15 is 0 Å². The Morgan fingerprint density at radius 1 is 1.00 bits per heavy atom. The van der Waals surface area contributed by atoms with E-state index in [9.17, 15) is 4.79 Å². The van der Waals surface area contributed by atoms with E-state index in [4.69, 9.17) is 4.74 Å². The van der Waals surface area contributed by atoms with Gasteiger partial charge in [0.05, 0.1) is 24.6 Å². The zero-order valence-electron chi connectivity index (χ0n) is 14.6. The Bertz CT molecular complexity index is 866. The summed E-state index contributed by atoms with van der Waals surface area (Å²) < 4.78 is 5.33. The van der Waals surface area contributed by atoms with Gasteiger partial charge in [-0.05, 0) is 36.2 Å². The van der Waals surface area contributed by atoms with Crippen molar-refractivity contribution in [2.45, 2.75) is 6.42 Å². The first-order valence-electron chi connectivity index (χ1n) is 8.43. The van der Waals surface area contributed by atoms with Gasteiger partial charge in [-0.1, -0.05) is 36.4 Å². The van der Waals surface area contributed by atoms with E-state index in [1.165, 1.54) is 0 Å². The molecule has 5 heteroatoms. The number of carbonyl (C=O) groups excluding carboxylic acids is 1. The van der Waals surface area contributed by atoms with Crippen molar-refractivity contribution >= 4 is 17.3 Å². The summed E-state index contributed by atoms with van der Waals surface area (Å²) in [6.07, 6.45) is 3.96. The molecule has 3 aromatic rings. The summed E-state index contributed by atoms with van der Waals surface area (Å²) in [6, 6.07) is 19.4. The van der Waals surface area contributed by atoms with Gasteiger partial charge in [-0.25, -0.2) is 0 Å². The highest BCUT2D eigenvalue weighted by Crippen LogP contribution is 2.18. The number of aromatic nitrogens is 1. The summed E-state index contributed by atoms with van der Waals surface area (Å²) >= 11 is 0. The average Bonchev–Trinajstić information content (AvgIpc) is 2.69. The zero-order chi connectivity index (χ0) is 18.2. The minimum Gasteiger partial charge on any atom is -0.496 e. The Labute approximate surface area is 153 Å². The molecule has 1 amide bonds. The number of amides is 1. The summed E-state index contributed by atoms with van der Waals surface area (Å²) in [6.45, 7) is 0.523. The minimum absolute atomic E-state index is 0.149. The lowest BCUT2D eigenvalue weighted by Crippen LogP contribution is -2.26. The molecule has 1 aromatic heterocycles. The highest BCUT2D eigenvalue weighted by atomic mass is 16.5. The van der Waals surface area contributed by atoms with E-state index < -0.39 is 0 Å². The molecule has 5 nitrogen and oxygen atoms in total. The van der Waals surface area contributed by atoms with Crippen molar-refractivity contribution in [3.63, 3.8) is 0 Å². The molecule has 2 N–H and O–H groups in total. The molecule has 0 saturated heterocycles. The van der Waals surface area contributed by atoms with Crippen molar-refractivity contribution in [3.8, 4) is 5.75 Å². The molecule has 2 aromatic carbocycles. The molecular weight excluding hydrogens is 326 g/mol. The monoisotopic (exact) mass is 347 g/mol. The molecule has 0 aliphatic heterocycles. The second kappa shape index (κ2) is 8.67. The molecule has 26 heavy (non-hydrogen) atoms. The summed E-state index contributed by atoms with van der Waals surface area (Å²) in [7, 11) is 1.65. The molecule has 0 saturated carbocycles. The third-order valence-corrected chi connectivity index (χ3v) is 3.94. The van der Waals surface area contributed by atoms with E-state index in [1.807, 2.05) is 54.6 Å². The van der Waals surface area contributed by atoms with Crippen LogP contribution in [-0.4, -0.2) is 24.5 Å². The molecular formula is C21H21N3O2. The number of pyridine rings is 1. The normalized spacial score (nSPS) is 10.2. The Morgan fingerprint density at radius 2 is 1.77 bits per heavy atom. The molecule has 0 atom stereocenters. The number of para-hydroxylation sites is 2. The van der Waals surface area contributed by atoms with E-state index in [0.717, 1.165) is 22.7 Å². The summed E-state index contributed by atoms with van der Waals surface area (Å²) in [4.78, 5) is 16.5. The fourth-order valence-corrected chi connectivity index (χ4v) is 2.64. The van der Waals surface area contributed by atoms with Crippen LogP contribution >= 0.6 is 0 Å². The standard InChI is InChI=1S/C21H21N3O2/c1-26-20-10-6-5-7-16(20)11-12-23-21(25)17-13-19(15-22-14-17)24-18-8-3-2-4-9-18/h2-10,13-15,24H,11-12H2,1H3,(H,23,25). The molecule has 0 bridgehead atoms. The third kappa shape index (κ3) is 4.60. The fourth-order valence-electron chi connectivity index (χ4n) is 2.64. The van der Waals surface area contributed by atoms with E-state index in [2.05, 4.69) is 15.6 Å². The lowest BCUT2D eigenvalue weighted by molar-refractivity contribution is 0.0953. The second-order valence-electron chi connectivity index (χ2n) is 5.77. The lowest BCUT2D eigenvalue weighted by atomic mass is 10.1. The number of hydrogen-bond donors (Lipinski definition) is 2. The van der Waals surface area contributed by atoms with Crippen LogP contribution in [0.2, 0.25) is 0 Å². The number of methoxy groups -OCH3 is 1. The Kier molecular flexibility index (Phi) is 5.83. The van der Waals surface area contributed by atoms with E-state index in [1.54, 1.807) is 25.6 Å². The van der Waals surface area contributed by atoms with Crippen LogP contribution in [0.5, 0.6) is 5.75 Å². The molecule has 0 spiro atoms. The maximum Gasteiger partial charge on any atom is 0.252 e. The van der Waals surface area contributed by atoms with Crippen LogP contribution in [0.4, 0.5) is 11.4 Å². The first kappa shape index (κ1) is 17.5. The number of nitrogens with zero attached hydrogens (tertiary/aromatic N) is 1. The molecule has 1 heterocycles. The predicted octanol–water partition coefficient (Wildman–Crippen LogP) is 3.81. The van der Waals surface area contributed by atoms with Crippen molar-refractivity contribution < 1.29 is 9.53 Å². The number of rotatable bonds is 7. The Balaban J connectivity index is 1.59. The van der Waals surface area contributed by atoms with Crippen LogP contribution < -0.4 is 15.4 Å². The van der Waals surface area contributed by atoms with Crippen LogP contribution in [-0.2, 0) is 6.42 Å². The second-order valence-corrected chi connectivity index (χ2v) is 5.77. The predicted molar refractivity (Wildman–Crippen MR) is 103 cm³/mol. The molecule has 132 valence electrons. The topological polar surface area (TPSA) is 63.2 Å². The number of nitrogens with one attached hydrogen (secondary N) is 2. The van der Waals surface area contributed by atoms with Crippen LogP contribution in [0.25, 0.3) is 0 Å². The van der Waals surface area contributed by atoms with Crippen molar-refractivity contribution in [2.24, 2.45) is 0 Å². The van der Waals surface area contributed by atoms with Gasteiger partial charge in [0.15, 0.2) is 0 Å². The van der Waals surface area contributed by atoms with Gasteiger partial charge < -0.3 is 15.4 Å². The van der Waals surface area contributed by atoms with Gasteiger partial charge in [-0.15, -0.1) is 0 Å². The largest absolute Gasteiger partial charge is 0.496 e. The van der Waals surface area contributed by atoms with Crippen LogP contribution in [0.1, 0.15) is 15.9 Å². The lowest BCUT2D eigenvalue weighted by Gasteiger charge is -2.10. The minimum atomic E-state index is -0.149. The van der Waals surface area contributed by atoms with Crippen molar-refractivity contribution in [1.82, 2.24) is 10.3 Å². The summed E-state index contributed by atoms with van der Waals surface area (Å²) in [5.41, 5.74) is 3.30. The first-order chi connectivity index (χ1) is 12.8. The number of carbonyl (C=O) groups is 1. The molecule has 0 unspecified atom stereocenters. The molecule has 0 fully saturated rings. The average molecular weight is 347 g/mol. The van der Waals surface area contributed by atoms with Gasteiger partial charge in [0.1, 0.15) is 5.75 Å². The quantitative estimate of drug-likeness (QED) is 0.682. The number of anilines is 2. The first-order valence-corrected chi connectivity index (χ1v) is 8.43. The highest BCUT2D eigenvalue weighted by molar-refractivity contribution is 5.94. The summed E-state index contributed by atoms with van der Waals surface area (Å²) in [5.74, 6) is 0.682. The Hall–Kier alpha value is -3.34.